The summed E-state index contributed by atoms with van der Waals surface area (Å²) in [5.41, 5.74) is 6.32. The number of aliphatic carboxylic acids is 1. The fourth-order valence-corrected chi connectivity index (χ4v) is 2.87. The number of carboxylic acid groups (broad SMARTS) is 1. The van der Waals surface area contributed by atoms with Crippen molar-refractivity contribution in [3.8, 4) is 0 Å². The second kappa shape index (κ2) is 22.3. The molecule has 0 fully saturated rings. The molecule has 0 saturated carbocycles. The van der Waals surface area contributed by atoms with Gasteiger partial charge in [-0.2, -0.15) is 0 Å². The highest BCUT2D eigenvalue weighted by atomic mass is 35.5. The Labute approximate surface area is 226 Å². The van der Waals surface area contributed by atoms with Crippen LogP contribution in [0.15, 0.2) is 18.2 Å². The molecule has 0 heterocycles. The van der Waals surface area contributed by atoms with Crippen molar-refractivity contribution >= 4 is 47.6 Å². The lowest BCUT2D eigenvalue weighted by Crippen LogP contribution is -2.37. The van der Waals surface area contributed by atoms with E-state index in [2.05, 4.69) is 33.0 Å². The number of benzene rings is 1. The van der Waals surface area contributed by atoms with Gasteiger partial charge in [-0.25, -0.2) is 0 Å². The molecule has 0 aliphatic rings. The molecule has 1 rings (SSSR count). The zero-order valence-corrected chi connectivity index (χ0v) is 22.9. The van der Waals surface area contributed by atoms with Gasteiger partial charge in [0, 0.05) is 5.56 Å². The van der Waals surface area contributed by atoms with Gasteiger partial charge in [-0.15, -0.1) is 0 Å². The van der Waals surface area contributed by atoms with Crippen LogP contribution in [-0.4, -0.2) is 47.5 Å². The molecule has 1 unspecified atom stereocenters. The molecule has 5 N–H and O–H groups in total. The fourth-order valence-electron chi connectivity index (χ4n) is 2.68. The highest BCUT2D eigenvalue weighted by Gasteiger charge is 2.13. The lowest BCUT2D eigenvalue weighted by atomic mass is 9.89. The van der Waals surface area contributed by atoms with E-state index in [9.17, 15) is 24.0 Å². The number of rotatable bonds is 13. The van der Waals surface area contributed by atoms with Crippen LogP contribution in [0.3, 0.4) is 0 Å². The normalized spacial score (nSPS) is 12.8. The van der Waals surface area contributed by atoms with E-state index >= 15 is 0 Å². The van der Waals surface area contributed by atoms with Crippen molar-refractivity contribution in [2.24, 2.45) is 11.8 Å². The van der Waals surface area contributed by atoms with Gasteiger partial charge in [0.2, 0.25) is 6.41 Å². The Morgan fingerprint density at radius 2 is 1.70 bits per heavy atom. The first kappa shape index (κ1) is 38.6. The second-order valence-electron chi connectivity index (χ2n) is 8.67. The smallest absolute Gasteiger partial charge is 0.305 e. The average molecular weight is 544 g/mol. The van der Waals surface area contributed by atoms with Gasteiger partial charge in [0.25, 0.3) is 5.91 Å². The Kier molecular flexibility index (Phi) is 23.2. The van der Waals surface area contributed by atoms with Crippen LogP contribution < -0.4 is 16.4 Å². The van der Waals surface area contributed by atoms with Crippen molar-refractivity contribution in [2.45, 2.75) is 93.2 Å². The monoisotopic (exact) mass is 543 g/mol. The van der Waals surface area contributed by atoms with Gasteiger partial charge in [-0.05, 0) is 43.9 Å². The molecular formula is C27H46ClN3O6. The number of unbranched alkanes of at least 4 members (excludes halogenated alkanes) is 1. The van der Waals surface area contributed by atoms with Crippen LogP contribution in [0, 0.1) is 11.8 Å². The van der Waals surface area contributed by atoms with E-state index < -0.39 is 18.1 Å². The molecule has 0 aromatic heterocycles. The maximum absolute atomic E-state index is 11.7. The number of hydrogen-bond donors (Lipinski definition) is 4. The third-order valence-electron chi connectivity index (χ3n) is 5.69. The van der Waals surface area contributed by atoms with Crippen molar-refractivity contribution < 1.29 is 29.1 Å². The van der Waals surface area contributed by atoms with Crippen LogP contribution in [0.1, 0.15) is 91.4 Å². The number of carbonyl (C=O) groups excluding carboxylic acids is 4. The molecule has 37 heavy (non-hydrogen) atoms. The van der Waals surface area contributed by atoms with Gasteiger partial charge in [0.05, 0.1) is 29.2 Å². The number of nitrogens with two attached hydrogens (primary N) is 1. The molecule has 2 amide bonds. The number of hydrogen-bond acceptors (Lipinski definition) is 6. The van der Waals surface area contributed by atoms with Gasteiger partial charge in [0.1, 0.15) is 6.29 Å². The summed E-state index contributed by atoms with van der Waals surface area (Å²) in [7, 11) is 0. The molecule has 10 heteroatoms. The van der Waals surface area contributed by atoms with Crippen LogP contribution in [0.4, 0.5) is 5.69 Å². The molecule has 0 aliphatic heterocycles. The first-order valence-corrected chi connectivity index (χ1v) is 12.4. The SMILES string of the molecule is C.CC(=O)[C@H](C)NC(=O)c1ccc(N)c(Cl)c1.CCCC[C@@H](C)C(C)CC.O=CN[C@H](C=O)CC(=O)O. The Morgan fingerprint density at radius 1 is 1.11 bits per heavy atom. The fraction of sp³-hybridized carbons (Fsp3) is 0.593. The van der Waals surface area contributed by atoms with Crippen LogP contribution in [0.25, 0.3) is 0 Å². The van der Waals surface area contributed by atoms with Crippen LogP contribution in [-0.2, 0) is 19.2 Å². The molecule has 0 aliphatic carbocycles. The number of ketones is 1. The zero-order valence-electron chi connectivity index (χ0n) is 22.2. The predicted octanol–water partition coefficient (Wildman–Crippen LogP) is 4.90. The summed E-state index contributed by atoms with van der Waals surface area (Å²) in [6.45, 7) is 12.3. The Bertz CT molecular complexity index is 834. The topological polar surface area (TPSA) is 156 Å². The van der Waals surface area contributed by atoms with Crippen LogP contribution >= 0.6 is 11.6 Å². The molecule has 0 radical (unpaired) electrons. The van der Waals surface area contributed by atoms with Gasteiger partial charge >= 0.3 is 5.97 Å². The van der Waals surface area contributed by atoms with Gasteiger partial charge in [-0.3, -0.25) is 19.2 Å². The number of anilines is 1. The molecule has 9 nitrogen and oxygen atoms in total. The molecule has 0 spiro atoms. The second-order valence-corrected chi connectivity index (χ2v) is 9.08. The Morgan fingerprint density at radius 3 is 2.11 bits per heavy atom. The highest BCUT2D eigenvalue weighted by molar-refractivity contribution is 6.33. The lowest BCUT2D eigenvalue weighted by molar-refractivity contribution is -0.138. The van der Waals surface area contributed by atoms with Crippen molar-refractivity contribution in [3.05, 3.63) is 28.8 Å². The number of nitrogen functional groups attached to an aromatic ring is 1. The summed E-state index contributed by atoms with van der Waals surface area (Å²) in [5, 5.41) is 13.0. The third kappa shape index (κ3) is 18.9. The standard InChI is InChI=1S/C11H13ClN2O2.C10H22.C5H7NO4.CH4/c1-6(7(2)15)14-11(16)8-3-4-10(13)9(12)5-8;1-5-7-8-10(4)9(3)6-2;7-2-4(6-3-8)1-5(9)10;/h3-6H,13H2,1-2H3,(H,14,16);9-10H,5-8H2,1-4H3;2-4H,1H2,(H,6,8)(H,9,10);1H4/t6-;9?,10-;4-;/m010./s1. The van der Waals surface area contributed by atoms with Crippen molar-refractivity contribution in [2.75, 3.05) is 5.73 Å². The average Bonchev–Trinajstić information content (AvgIpc) is 2.83. The third-order valence-corrected chi connectivity index (χ3v) is 6.02. The highest BCUT2D eigenvalue weighted by Crippen LogP contribution is 2.20. The summed E-state index contributed by atoms with van der Waals surface area (Å²) < 4.78 is 0. The number of halogens is 1. The van der Waals surface area contributed by atoms with E-state index in [1.807, 2.05) is 5.32 Å². The predicted molar refractivity (Wildman–Crippen MR) is 150 cm³/mol. The van der Waals surface area contributed by atoms with E-state index in [1.54, 1.807) is 19.1 Å². The molecule has 1 aromatic rings. The molecule has 212 valence electrons. The Balaban J connectivity index is -0.000000486. The van der Waals surface area contributed by atoms with E-state index in [0.717, 1.165) is 11.8 Å². The Hall–Kier alpha value is -2.94. The van der Waals surface area contributed by atoms with E-state index in [0.29, 0.717) is 29.0 Å². The van der Waals surface area contributed by atoms with Crippen LogP contribution in [0.5, 0.6) is 0 Å². The zero-order chi connectivity index (χ0) is 28.3. The minimum Gasteiger partial charge on any atom is -0.481 e. The summed E-state index contributed by atoms with van der Waals surface area (Å²) in [5.74, 6) is 0.294. The number of amides is 2. The van der Waals surface area contributed by atoms with E-state index in [-0.39, 0.29) is 25.5 Å². The molecule has 0 bridgehead atoms. The summed E-state index contributed by atoms with van der Waals surface area (Å²) in [6, 6.07) is 3.16. The van der Waals surface area contributed by atoms with Crippen molar-refractivity contribution in [1.29, 1.82) is 0 Å². The number of aldehydes is 1. The van der Waals surface area contributed by atoms with E-state index in [4.69, 9.17) is 22.4 Å². The molecular weight excluding hydrogens is 498 g/mol. The summed E-state index contributed by atoms with van der Waals surface area (Å²) in [6.07, 6.45) is 5.81. The largest absolute Gasteiger partial charge is 0.481 e. The minimum absolute atomic E-state index is 0. The maximum Gasteiger partial charge on any atom is 0.305 e. The maximum atomic E-state index is 11.7. The van der Waals surface area contributed by atoms with Crippen molar-refractivity contribution in [3.63, 3.8) is 0 Å². The molecule has 4 atom stereocenters. The molecule has 1 aromatic carbocycles. The number of Topliss-reactive ketones (excluding diaryl/α,β-unsaturated/α-hetero) is 1. The lowest BCUT2D eigenvalue weighted by Gasteiger charge is -2.17. The van der Waals surface area contributed by atoms with Crippen molar-refractivity contribution in [1.82, 2.24) is 10.6 Å². The van der Waals surface area contributed by atoms with Gasteiger partial charge in [0.15, 0.2) is 5.78 Å². The van der Waals surface area contributed by atoms with Crippen LogP contribution in [0.2, 0.25) is 5.02 Å². The summed E-state index contributed by atoms with van der Waals surface area (Å²) >= 11 is 5.79. The number of carboxylic acids is 1. The quantitative estimate of drug-likeness (QED) is 0.203. The number of nitrogens with one attached hydrogen (secondary N) is 2. The minimum atomic E-state index is -1.12. The first-order valence-electron chi connectivity index (χ1n) is 12.1. The first-order chi connectivity index (χ1) is 16.8. The van der Waals surface area contributed by atoms with Gasteiger partial charge in [-0.1, -0.05) is 72.4 Å². The summed E-state index contributed by atoms with van der Waals surface area (Å²) in [4.78, 5) is 52.2. The number of carbonyl (C=O) groups is 5. The molecule has 0 saturated heterocycles. The van der Waals surface area contributed by atoms with E-state index in [1.165, 1.54) is 38.7 Å². The van der Waals surface area contributed by atoms with Gasteiger partial charge < -0.3 is 26.3 Å².